The molecule has 0 saturated carbocycles. The molecule has 3 aromatic carbocycles. The summed E-state index contributed by atoms with van der Waals surface area (Å²) in [4.78, 5) is 22.4. The zero-order valence-corrected chi connectivity index (χ0v) is 19.5. The highest BCUT2D eigenvalue weighted by Gasteiger charge is 2.30. The summed E-state index contributed by atoms with van der Waals surface area (Å²) in [5.41, 5.74) is 3.69. The number of carbonyl (C=O) groups excluding carboxylic acids is 1. The first-order valence-electron chi connectivity index (χ1n) is 11.2. The van der Waals surface area contributed by atoms with Gasteiger partial charge in [0.25, 0.3) is 5.78 Å². The number of aromatic nitrogens is 4. The molecule has 0 N–H and O–H groups in total. The maximum atomic E-state index is 13.0. The average molecular weight is 467 g/mol. The summed E-state index contributed by atoms with van der Waals surface area (Å²) in [5, 5.41) is 7.70. The third-order valence-corrected chi connectivity index (χ3v) is 7.26. The average Bonchev–Trinajstić information content (AvgIpc) is 3.28. The number of hydrogen-bond acceptors (Lipinski definition) is 6. The lowest BCUT2D eigenvalue weighted by Crippen LogP contribution is -2.21. The van der Waals surface area contributed by atoms with Crippen LogP contribution in [0.25, 0.3) is 16.6 Å². The number of para-hydroxylation sites is 1. The first kappa shape index (κ1) is 20.9. The fraction of sp³-hybridized carbons (Fsp3) is 0.185. The number of thioether (sulfide) groups is 1. The minimum absolute atomic E-state index is 0.0363. The number of benzene rings is 3. The first-order valence-corrected chi connectivity index (χ1v) is 12.2. The molecule has 0 aliphatic heterocycles. The number of carbonyl (C=O) groups is 1. The van der Waals surface area contributed by atoms with Crippen LogP contribution in [0.3, 0.4) is 0 Å². The Hall–Kier alpha value is -3.71. The van der Waals surface area contributed by atoms with Gasteiger partial charge in [-0.25, -0.2) is 9.50 Å². The van der Waals surface area contributed by atoms with Crippen LogP contribution in [0.4, 0.5) is 0 Å². The van der Waals surface area contributed by atoms with E-state index in [0.29, 0.717) is 29.3 Å². The summed E-state index contributed by atoms with van der Waals surface area (Å²) in [7, 11) is 1.66. The fourth-order valence-electron chi connectivity index (χ4n) is 4.71. The quantitative estimate of drug-likeness (QED) is 0.319. The highest BCUT2D eigenvalue weighted by atomic mass is 32.2. The largest absolute Gasteiger partial charge is 0.496 e. The van der Waals surface area contributed by atoms with Gasteiger partial charge < -0.3 is 4.74 Å². The number of rotatable bonds is 5. The van der Waals surface area contributed by atoms with Gasteiger partial charge >= 0.3 is 0 Å². The van der Waals surface area contributed by atoms with Gasteiger partial charge in [-0.3, -0.25) is 4.79 Å². The highest BCUT2D eigenvalue weighted by molar-refractivity contribution is 7.98. The van der Waals surface area contributed by atoms with E-state index in [4.69, 9.17) is 9.72 Å². The van der Waals surface area contributed by atoms with E-state index in [-0.39, 0.29) is 11.7 Å². The van der Waals surface area contributed by atoms with Crippen molar-refractivity contribution in [3.05, 3.63) is 95.3 Å². The Labute approximate surface area is 201 Å². The van der Waals surface area contributed by atoms with Gasteiger partial charge in [0.15, 0.2) is 5.78 Å². The molecule has 7 heteroatoms. The number of nitrogens with zero attached hydrogens (tertiary/aromatic N) is 4. The second-order valence-electron chi connectivity index (χ2n) is 8.44. The molecule has 1 unspecified atom stereocenters. The molecule has 0 fully saturated rings. The normalized spacial score (nSPS) is 15.6. The van der Waals surface area contributed by atoms with Gasteiger partial charge in [-0.05, 0) is 34.4 Å². The maximum Gasteiger partial charge on any atom is 0.253 e. The van der Waals surface area contributed by atoms with E-state index >= 15 is 0 Å². The number of fused-ring (bicyclic) bond motifs is 3. The molecule has 2 aromatic heterocycles. The first-order chi connectivity index (χ1) is 16.7. The Balaban J connectivity index is 1.28. The van der Waals surface area contributed by atoms with Crippen molar-refractivity contribution in [3.8, 4) is 5.75 Å². The molecular weight excluding hydrogens is 444 g/mol. The van der Waals surface area contributed by atoms with Crippen LogP contribution in [0.15, 0.2) is 78.1 Å². The van der Waals surface area contributed by atoms with E-state index in [0.717, 1.165) is 22.8 Å². The van der Waals surface area contributed by atoms with Crippen molar-refractivity contribution in [1.29, 1.82) is 0 Å². The fourth-order valence-corrected chi connectivity index (χ4v) is 5.54. The van der Waals surface area contributed by atoms with E-state index in [2.05, 4.69) is 52.5 Å². The molecule has 1 atom stereocenters. The monoisotopic (exact) mass is 466 g/mol. The Kier molecular flexibility index (Phi) is 5.26. The molecular formula is C27H22N4O2S. The Morgan fingerprint density at radius 2 is 1.82 bits per heavy atom. The number of hydrogen-bond donors (Lipinski definition) is 0. The standard InChI is InChI=1S/C27H22N4O2S/c1-33-25-12-5-4-11-21(25)19-13-23-22(24(32)14-19)15-31-26(28-23)29-27(30-31)34-16-18-9-6-8-17-7-2-3-10-20(17)18/h2-12,15,19H,13-14,16H2,1H3. The predicted molar refractivity (Wildman–Crippen MR) is 133 cm³/mol. The smallest absolute Gasteiger partial charge is 0.253 e. The third-order valence-electron chi connectivity index (χ3n) is 6.38. The van der Waals surface area contributed by atoms with Crippen molar-refractivity contribution in [2.75, 3.05) is 7.11 Å². The summed E-state index contributed by atoms with van der Waals surface area (Å²) in [6, 6.07) is 22.6. The molecule has 1 aliphatic rings. The van der Waals surface area contributed by atoms with Crippen molar-refractivity contribution >= 4 is 34.1 Å². The molecule has 0 spiro atoms. The summed E-state index contributed by atoms with van der Waals surface area (Å²) in [6.45, 7) is 0. The molecule has 168 valence electrons. The number of ether oxygens (including phenoxy) is 1. The van der Waals surface area contributed by atoms with E-state index in [1.54, 1.807) is 29.6 Å². The molecule has 0 bridgehead atoms. The van der Waals surface area contributed by atoms with Crippen LogP contribution in [0.2, 0.25) is 0 Å². The van der Waals surface area contributed by atoms with Gasteiger partial charge in [-0.15, -0.1) is 5.10 Å². The second kappa shape index (κ2) is 8.57. The van der Waals surface area contributed by atoms with Crippen LogP contribution in [-0.4, -0.2) is 32.5 Å². The maximum absolute atomic E-state index is 13.0. The lowest BCUT2D eigenvalue weighted by molar-refractivity contribution is 0.0962. The van der Waals surface area contributed by atoms with Gasteiger partial charge in [-0.1, -0.05) is 72.4 Å². The molecule has 2 heterocycles. The lowest BCUT2D eigenvalue weighted by atomic mass is 9.82. The Bertz CT molecular complexity index is 1540. The molecule has 34 heavy (non-hydrogen) atoms. The minimum Gasteiger partial charge on any atom is -0.496 e. The Morgan fingerprint density at radius 3 is 2.74 bits per heavy atom. The van der Waals surface area contributed by atoms with Crippen molar-refractivity contribution in [3.63, 3.8) is 0 Å². The third kappa shape index (κ3) is 3.72. The summed E-state index contributed by atoms with van der Waals surface area (Å²) in [6.07, 6.45) is 2.88. The van der Waals surface area contributed by atoms with Gasteiger partial charge in [0.2, 0.25) is 5.16 Å². The van der Waals surface area contributed by atoms with Crippen LogP contribution in [0.1, 0.15) is 39.5 Å². The second-order valence-corrected chi connectivity index (χ2v) is 9.38. The van der Waals surface area contributed by atoms with Gasteiger partial charge in [-0.2, -0.15) is 4.98 Å². The van der Waals surface area contributed by atoms with Gasteiger partial charge in [0.1, 0.15) is 5.75 Å². The van der Waals surface area contributed by atoms with E-state index in [9.17, 15) is 4.79 Å². The van der Waals surface area contributed by atoms with E-state index in [1.165, 1.54) is 16.3 Å². The Morgan fingerprint density at radius 1 is 1.00 bits per heavy atom. The molecule has 6 nitrogen and oxygen atoms in total. The van der Waals surface area contributed by atoms with Gasteiger partial charge in [0.05, 0.1) is 18.4 Å². The summed E-state index contributed by atoms with van der Waals surface area (Å²) >= 11 is 1.58. The van der Waals surface area contributed by atoms with Crippen molar-refractivity contribution in [1.82, 2.24) is 19.6 Å². The summed E-state index contributed by atoms with van der Waals surface area (Å²) < 4.78 is 7.16. The predicted octanol–water partition coefficient (Wildman–Crippen LogP) is 5.49. The minimum atomic E-state index is 0.0363. The summed E-state index contributed by atoms with van der Waals surface area (Å²) in [5.74, 6) is 2.19. The SMILES string of the molecule is COc1ccccc1C1CC(=O)c2cn3nc(SCc4cccc5ccccc45)nc3nc2C1. The topological polar surface area (TPSA) is 69.4 Å². The highest BCUT2D eigenvalue weighted by Crippen LogP contribution is 2.36. The van der Waals surface area contributed by atoms with Crippen LogP contribution in [0, 0.1) is 0 Å². The number of ketones is 1. The lowest BCUT2D eigenvalue weighted by Gasteiger charge is -2.24. The van der Waals surface area contributed by atoms with Gasteiger partial charge in [0, 0.05) is 24.3 Å². The molecule has 0 radical (unpaired) electrons. The van der Waals surface area contributed by atoms with Crippen LogP contribution in [-0.2, 0) is 12.2 Å². The van der Waals surface area contributed by atoms with Crippen LogP contribution >= 0.6 is 11.8 Å². The van der Waals surface area contributed by atoms with Crippen LogP contribution < -0.4 is 4.74 Å². The van der Waals surface area contributed by atoms with Crippen molar-refractivity contribution in [2.24, 2.45) is 0 Å². The molecule has 0 amide bonds. The zero-order valence-electron chi connectivity index (χ0n) is 18.6. The van der Waals surface area contributed by atoms with Crippen LogP contribution in [0.5, 0.6) is 5.75 Å². The van der Waals surface area contributed by atoms with E-state index in [1.807, 2.05) is 24.3 Å². The molecule has 1 aliphatic carbocycles. The molecule has 0 saturated heterocycles. The molecule has 5 aromatic rings. The number of Topliss-reactive ketones (excluding diaryl/α,β-unsaturated/α-hetero) is 1. The zero-order chi connectivity index (χ0) is 23.1. The molecule has 6 rings (SSSR count). The number of methoxy groups -OCH3 is 1. The van der Waals surface area contributed by atoms with Crippen molar-refractivity contribution in [2.45, 2.75) is 29.7 Å². The van der Waals surface area contributed by atoms with Crippen molar-refractivity contribution < 1.29 is 9.53 Å². The van der Waals surface area contributed by atoms with E-state index < -0.39 is 0 Å².